The lowest BCUT2D eigenvalue weighted by Crippen LogP contribution is -2.31. The standard InChI is InChI=1S/C24H24N2O3/c1-14(2)11-20(27)21-22(18-13-25-19-10-5-4-9-17(18)19)26(24(29)23(21)28)16-8-6-7-15(3)12-16/h4-10,12-14,22,25,28H,11H2,1-3H3. The number of carbonyl (C=O) groups excluding carboxylic acids is 2. The van der Waals surface area contributed by atoms with Gasteiger partial charge in [-0.1, -0.05) is 44.2 Å². The molecule has 4 rings (SSSR count). The number of nitrogens with one attached hydrogen (secondary N) is 1. The van der Waals surface area contributed by atoms with Crippen molar-refractivity contribution in [3.8, 4) is 0 Å². The largest absolute Gasteiger partial charge is 0.503 e. The molecule has 1 unspecified atom stereocenters. The monoisotopic (exact) mass is 388 g/mol. The smallest absolute Gasteiger partial charge is 0.294 e. The van der Waals surface area contributed by atoms with Crippen LogP contribution in [0.5, 0.6) is 0 Å². The molecular weight excluding hydrogens is 364 g/mol. The molecular formula is C24H24N2O3. The summed E-state index contributed by atoms with van der Waals surface area (Å²) in [5.41, 5.74) is 3.54. The van der Waals surface area contributed by atoms with Gasteiger partial charge in [-0.3, -0.25) is 14.5 Å². The van der Waals surface area contributed by atoms with Crippen LogP contribution in [0, 0.1) is 12.8 Å². The number of benzene rings is 2. The van der Waals surface area contributed by atoms with Crippen LogP contribution in [-0.2, 0) is 9.59 Å². The van der Waals surface area contributed by atoms with E-state index < -0.39 is 17.7 Å². The zero-order valence-corrected chi connectivity index (χ0v) is 16.8. The Kier molecular flexibility index (Phi) is 4.74. The summed E-state index contributed by atoms with van der Waals surface area (Å²) < 4.78 is 0. The van der Waals surface area contributed by atoms with Crippen LogP contribution < -0.4 is 4.90 Å². The minimum absolute atomic E-state index is 0.120. The molecule has 2 N–H and O–H groups in total. The van der Waals surface area contributed by atoms with E-state index in [1.807, 2.05) is 75.5 Å². The number of H-pyrrole nitrogens is 1. The quantitative estimate of drug-likeness (QED) is 0.647. The molecule has 5 nitrogen and oxygen atoms in total. The van der Waals surface area contributed by atoms with Crippen LogP contribution in [0.15, 0.2) is 66.1 Å². The van der Waals surface area contributed by atoms with E-state index in [9.17, 15) is 14.7 Å². The highest BCUT2D eigenvalue weighted by atomic mass is 16.3. The van der Waals surface area contributed by atoms with Gasteiger partial charge >= 0.3 is 0 Å². The molecule has 0 bridgehead atoms. The second-order valence-corrected chi connectivity index (χ2v) is 7.99. The van der Waals surface area contributed by atoms with Crippen LogP contribution in [0.3, 0.4) is 0 Å². The topological polar surface area (TPSA) is 73.4 Å². The first-order valence-corrected chi connectivity index (χ1v) is 9.81. The molecule has 0 saturated carbocycles. The number of aliphatic hydroxyl groups is 1. The average molecular weight is 388 g/mol. The Balaban J connectivity index is 1.92. The first kappa shape index (κ1) is 19.0. The molecule has 0 radical (unpaired) electrons. The third kappa shape index (κ3) is 3.23. The Hall–Kier alpha value is -3.34. The zero-order chi connectivity index (χ0) is 20.7. The number of aromatic nitrogens is 1. The van der Waals surface area contributed by atoms with Crippen LogP contribution in [-0.4, -0.2) is 21.8 Å². The van der Waals surface area contributed by atoms with E-state index in [1.54, 1.807) is 0 Å². The number of aromatic amines is 1. The van der Waals surface area contributed by atoms with Gasteiger partial charge in [0, 0.05) is 34.8 Å². The first-order chi connectivity index (χ1) is 13.9. The molecule has 3 aromatic rings. The molecule has 2 heterocycles. The number of aryl methyl sites for hydroxylation is 1. The summed E-state index contributed by atoms with van der Waals surface area (Å²) in [5.74, 6) is -1.07. The van der Waals surface area contributed by atoms with Gasteiger partial charge in [-0.15, -0.1) is 0 Å². The molecule has 29 heavy (non-hydrogen) atoms. The van der Waals surface area contributed by atoms with Crippen LogP contribution in [0.2, 0.25) is 0 Å². The summed E-state index contributed by atoms with van der Waals surface area (Å²) in [6.45, 7) is 5.85. The van der Waals surface area contributed by atoms with E-state index in [4.69, 9.17) is 0 Å². The van der Waals surface area contributed by atoms with Crippen LogP contribution >= 0.6 is 0 Å². The lowest BCUT2D eigenvalue weighted by molar-refractivity contribution is -0.118. The number of Topliss-reactive ketones (excluding diaryl/α,β-unsaturated/α-hetero) is 1. The Bertz CT molecular complexity index is 1140. The predicted molar refractivity (Wildman–Crippen MR) is 114 cm³/mol. The number of para-hydroxylation sites is 1. The fourth-order valence-electron chi connectivity index (χ4n) is 4.03. The summed E-state index contributed by atoms with van der Waals surface area (Å²) in [4.78, 5) is 31.0. The van der Waals surface area contributed by atoms with Gasteiger partial charge < -0.3 is 10.1 Å². The van der Waals surface area contributed by atoms with Crippen LogP contribution in [0.1, 0.15) is 37.4 Å². The lowest BCUT2D eigenvalue weighted by Gasteiger charge is -2.27. The SMILES string of the molecule is Cc1cccc(N2C(=O)C(O)=C(C(=O)CC(C)C)C2c2c[nH]c3ccccc23)c1. The summed E-state index contributed by atoms with van der Waals surface area (Å²) >= 11 is 0. The van der Waals surface area contributed by atoms with Gasteiger partial charge in [-0.2, -0.15) is 0 Å². The highest BCUT2D eigenvalue weighted by Gasteiger charge is 2.45. The molecule has 0 saturated heterocycles. The normalized spacial score (nSPS) is 17.0. The number of aliphatic hydroxyl groups excluding tert-OH is 1. The van der Waals surface area contributed by atoms with Gasteiger partial charge in [0.1, 0.15) is 0 Å². The minimum Gasteiger partial charge on any atom is -0.503 e. The molecule has 1 aromatic heterocycles. The highest BCUT2D eigenvalue weighted by Crippen LogP contribution is 2.43. The Morgan fingerprint density at radius 3 is 2.66 bits per heavy atom. The molecule has 5 heteroatoms. The highest BCUT2D eigenvalue weighted by molar-refractivity contribution is 6.17. The van der Waals surface area contributed by atoms with Crippen molar-refractivity contribution in [3.05, 3.63) is 77.2 Å². The number of rotatable bonds is 5. The van der Waals surface area contributed by atoms with Crippen molar-refractivity contribution < 1.29 is 14.7 Å². The van der Waals surface area contributed by atoms with Crippen LogP contribution in [0.25, 0.3) is 10.9 Å². The number of hydrogen-bond donors (Lipinski definition) is 2. The summed E-state index contributed by atoms with van der Waals surface area (Å²) in [7, 11) is 0. The number of ketones is 1. The fraction of sp³-hybridized carbons (Fsp3) is 0.250. The van der Waals surface area contributed by atoms with E-state index in [-0.39, 0.29) is 23.7 Å². The average Bonchev–Trinajstić information content (AvgIpc) is 3.20. The lowest BCUT2D eigenvalue weighted by atomic mass is 9.91. The molecule has 0 spiro atoms. The molecule has 0 fully saturated rings. The fourth-order valence-corrected chi connectivity index (χ4v) is 4.03. The molecule has 0 aliphatic carbocycles. The van der Waals surface area contributed by atoms with E-state index in [2.05, 4.69) is 4.98 Å². The zero-order valence-electron chi connectivity index (χ0n) is 16.8. The van der Waals surface area contributed by atoms with Crippen molar-refractivity contribution in [1.82, 2.24) is 4.98 Å². The number of carbonyl (C=O) groups is 2. The number of hydrogen-bond acceptors (Lipinski definition) is 3. The first-order valence-electron chi connectivity index (χ1n) is 9.81. The third-order valence-electron chi connectivity index (χ3n) is 5.30. The Morgan fingerprint density at radius 2 is 1.93 bits per heavy atom. The number of anilines is 1. The maximum Gasteiger partial charge on any atom is 0.294 e. The van der Waals surface area contributed by atoms with Crippen molar-refractivity contribution >= 4 is 28.3 Å². The van der Waals surface area contributed by atoms with Gasteiger partial charge in [-0.05, 0) is 36.6 Å². The van der Waals surface area contributed by atoms with Gasteiger partial charge in [-0.25, -0.2) is 0 Å². The van der Waals surface area contributed by atoms with Crippen molar-refractivity contribution in [2.75, 3.05) is 4.90 Å². The maximum atomic E-state index is 13.1. The van der Waals surface area contributed by atoms with Gasteiger partial charge in [0.2, 0.25) is 0 Å². The van der Waals surface area contributed by atoms with Gasteiger partial charge in [0.05, 0.1) is 11.6 Å². The molecule has 1 aliphatic heterocycles. The Morgan fingerprint density at radius 1 is 1.17 bits per heavy atom. The Labute approximate surface area is 169 Å². The maximum absolute atomic E-state index is 13.1. The molecule has 2 aromatic carbocycles. The third-order valence-corrected chi connectivity index (χ3v) is 5.30. The predicted octanol–water partition coefficient (Wildman–Crippen LogP) is 4.99. The summed E-state index contributed by atoms with van der Waals surface area (Å²) in [6, 6.07) is 14.6. The summed E-state index contributed by atoms with van der Waals surface area (Å²) in [6.07, 6.45) is 2.10. The van der Waals surface area contributed by atoms with Crippen molar-refractivity contribution in [3.63, 3.8) is 0 Å². The van der Waals surface area contributed by atoms with Crippen molar-refractivity contribution in [2.24, 2.45) is 5.92 Å². The van der Waals surface area contributed by atoms with Gasteiger partial charge in [0.15, 0.2) is 11.5 Å². The minimum atomic E-state index is -0.674. The second kappa shape index (κ2) is 7.24. The van der Waals surface area contributed by atoms with E-state index >= 15 is 0 Å². The second-order valence-electron chi connectivity index (χ2n) is 7.99. The van der Waals surface area contributed by atoms with E-state index in [0.717, 1.165) is 22.0 Å². The van der Waals surface area contributed by atoms with Crippen molar-refractivity contribution in [1.29, 1.82) is 0 Å². The van der Waals surface area contributed by atoms with Gasteiger partial charge in [0.25, 0.3) is 5.91 Å². The number of amides is 1. The summed E-state index contributed by atoms with van der Waals surface area (Å²) in [5, 5.41) is 11.7. The number of nitrogens with zero attached hydrogens (tertiary/aromatic N) is 1. The van der Waals surface area contributed by atoms with E-state index in [1.165, 1.54) is 4.90 Å². The molecule has 1 amide bonds. The molecule has 1 aliphatic rings. The van der Waals surface area contributed by atoms with E-state index in [0.29, 0.717) is 5.69 Å². The van der Waals surface area contributed by atoms with Crippen LogP contribution in [0.4, 0.5) is 5.69 Å². The molecule has 1 atom stereocenters. The van der Waals surface area contributed by atoms with Crippen molar-refractivity contribution in [2.45, 2.75) is 33.2 Å². The number of fused-ring (bicyclic) bond motifs is 1. The molecule has 148 valence electrons.